The molecule has 0 atom stereocenters. The summed E-state index contributed by atoms with van der Waals surface area (Å²) in [5.41, 5.74) is -2.14. The van der Waals surface area contributed by atoms with Crippen molar-refractivity contribution in [3.63, 3.8) is 0 Å². The molecule has 0 saturated carbocycles. The van der Waals surface area contributed by atoms with Gasteiger partial charge in [0.05, 0.1) is 13.0 Å². The lowest BCUT2D eigenvalue weighted by atomic mass is 10.0. The Kier molecular flexibility index (Phi) is 3.98. The highest BCUT2D eigenvalue weighted by molar-refractivity contribution is 6.30. The van der Waals surface area contributed by atoms with Crippen molar-refractivity contribution in [3.8, 4) is 5.75 Å². The molecule has 0 aromatic heterocycles. The number of hydrogen-bond acceptors (Lipinski definition) is 2. The van der Waals surface area contributed by atoms with Crippen molar-refractivity contribution in [1.29, 1.82) is 0 Å². The summed E-state index contributed by atoms with van der Waals surface area (Å²) >= 11 is 5.18. The van der Waals surface area contributed by atoms with E-state index in [4.69, 9.17) is 11.6 Å². The summed E-state index contributed by atoms with van der Waals surface area (Å²) in [7, 11) is 0.957. The number of ketones is 1. The van der Waals surface area contributed by atoms with Gasteiger partial charge in [-0.25, -0.2) is 4.39 Å². The van der Waals surface area contributed by atoms with E-state index in [-0.39, 0.29) is 0 Å². The van der Waals surface area contributed by atoms with Crippen LogP contribution in [0.15, 0.2) is 12.1 Å². The summed E-state index contributed by atoms with van der Waals surface area (Å²) in [6, 6.07) is 1.06. The number of rotatable bonds is 3. The monoisotopic (exact) mass is 270 g/mol. The van der Waals surface area contributed by atoms with Crippen LogP contribution in [0.3, 0.4) is 0 Å². The van der Waals surface area contributed by atoms with E-state index in [0.717, 1.165) is 7.11 Å². The molecule has 0 unspecified atom stereocenters. The fraction of sp³-hybridized carbons (Fsp3) is 0.300. The molecule has 0 spiro atoms. The van der Waals surface area contributed by atoms with Gasteiger partial charge in [0.25, 0.3) is 0 Å². The smallest absolute Gasteiger partial charge is 0.420 e. The van der Waals surface area contributed by atoms with E-state index in [0.29, 0.717) is 12.1 Å². The Balaban J connectivity index is 3.56. The van der Waals surface area contributed by atoms with E-state index >= 15 is 0 Å². The van der Waals surface area contributed by atoms with Gasteiger partial charge in [-0.05, 0) is 6.07 Å². The number of carbonyl (C=O) groups is 1. The lowest BCUT2D eigenvalue weighted by molar-refractivity contribution is -0.139. The third-order valence-corrected chi connectivity index (χ3v) is 2.23. The normalized spacial score (nSPS) is 11.4. The predicted molar refractivity (Wildman–Crippen MR) is 53.0 cm³/mol. The number of ether oxygens (including phenoxy) is 1. The first kappa shape index (κ1) is 13.8. The molecule has 0 heterocycles. The molecule has 7 heteroatoms. The van der Waals surface area contributed by atoms with Gasteiger partial charge in [-0.2, -0.15) is 13.2 Å². The Morgan fingerprint density at radius 2 is 2.00 bits per heavy atom. The molecule has 0 aliphatic heterocycles. The number of Topliss-reactive ketones (excluding diaryl/α,β-unsaturated/α-hetero) is 1. The number of carbonyl (C=O) groups excluding carboxylic acids is 1. The molecular formula is C10H7ClF4O2. The second kappa shape index (κ2) is 4.91. The molecule has 1 aromatic carbocycles. The summed E-state index contributed by atoms with van der Waals surface area (Å²) in [5.74, 6) is -3.43. The second-order valence-corrected chi connectivity index (χ2v) is 3.35. The molecule has 0 saturated heterocycles. The molecule has 1 aromatic rings. The van der Waals surface area contributed by atoms with E-state index in [1.807, 2.05) is 0 Å². The molecule has 0 amide bonds. The van der Waals surface area contributed by atoms with Crippen molar-refractivity contribution in [2.24, 2.45) is 0 Å². The zero-order valence-corrected chi connectivity index (χ0v) is 9.32. The van der Waals surface area contributed by atoms with Crippen LogP contribution in [0.5, 0.6) is 5.75 Å². The van der Waals surface area contributed by atoms with Crippen LogP contribution >= 0.6 is 11.6 Å². The number of benzene rings is 1. The van der Waals surface area contributed by atoms with E-state index < -0.39 is 40.5 Å². The zero-order chi connectivity index (χ0) is 13.2. The molecule has 0 fully saturated rings. The molecule has 0 bridgehead atoms. The Hall–Kier alpha value is -1.30. The first-order chi connectivity index (χ1) is 7.81. The predicted octanol–water partition coefficient (Wildman–Crippen LogP) is 3.27. The van der Waals surface area contributed by atoms with Gasteiger partial charge in [0.1, 0.15) is 17.1 Å². The van der Waals surface area contributed by atoms with Crippen LogP contribution in [0.1, 0.15) is 15.9 Å². The molecular weight excluding hydrogens is 264 g/mol. The van der Waals surface area contributed by atoms with Crippen molar-refractivity contribution < 1.29 is 27.1 Å². The Morgan fingerprint density at radius 3 is 2.41 bits per heavy atom. The average Bonchev–Trinajstić information content (AvgIpc) is 2.24. The molecule has 0 aliphatic rings. The van der Waals surface area contributed by atoms with Gasteiger partial charge < -0.3 is 4.74 Å². The SMILES string of the molecule is COc1cc(F)cc(C(=O)CCl)c1C(F)(F)F. The van der Waals surface area contributed by atoms with E-state index in [2.05, 4.69) is 4.74 Å². The van der Waals surface area contributed by atoms with Crippen molar-refractivity contribution >= 4 is 17.4 Å². The largest absolute Gasteiger partial charge is 0.496 e. The third-order valence-electron chi connectivity index (χ3n) is 1.99. The molecule has 2 nitrogen and oxygen atoms in total. The summed E-state index contributed by atoms with van der Waals surface area (Å²) in [6.07, 6.45) is -4.82. The summed E-state index contributed by atoms with van der Waals surface area (Å²) in [6.45, 7) is 0. The Morgan fingerprint density at radius 1 is 1.41 bits per heavy atom. The van der Waals surface area contributed by atoms with Crippen LogP contribution in [0.4, 0.5) is 17.6 Å². The average molecular weight is 271 g/mol. The van der Waals surface area contributed by atoms with Crippen LogP contribution in [-0.4, -0.2) is 18.8 Å². The van der Waals surface area contributed by atoms with Crippen molar-refractivity contribution in [1.82, 2.24) is 0 Å². The van der Waals surface area contributed by atoms with Crippen LogP contribution in [0, 0.1) is 5.82 Å². The minimum Gasteiger partial charge on any atom is -0.496 e. The van der Waals surface area contributed by atoms with E-state index in [9.17, 15) is 22.4 Å². The number of alkyl halides is 4. The van der Waals surface area contributed by atoms with Crippen molar-refractivity contribution in [2.45, 2.75) is 6.18 Å². The van der Waals surface area contributed by atoms with Crippen molar-refractivity contribution in [3.05, 3.63) is 29.1 Å². The molecule has 0 radical (unpaired) electrons. The third kappa shape index (κ3) is 2.88. The maximum absolute atomic E-state index is 13.0. The maximum Gasteiger partial charge on any atom is 0.420 e. The standard InChI is InChI=1S/C10H7ClF4O2/c1-17-8-3-5(12)2-6(7(16)4-11)9(8)10(13,14)15/h2-3H,4H2,1H3. The Bertz CT molecular complexity index is 443. The quantitative estimate of drug-likeness (QED) is 0.479. The number of hydrogen-bond donors (Lipinski definition) is 0. The van der Waals surface area contributed by atoms with Crippen LogP contribution in [-0.2, 0) is 6.18 Å². The van der Waals surface area contributed by atoms with E-state index in [1.54, 1.807) is 0 Å². The van der Waals surface area contributed by atoms with Crippen LogP contribution in [0.2, 0.25) is 0 Å². The first-order valence-electron chi connectivity index (χ1n) is 4.35. The zero-order valence-electron chi connectivity index (χ0n) is 8.57. The maximum atomic E-state index is 13.0. The molecule has 0 aliphatic carbocycles. The second-order valence-electron chi connectivity index (χ2n) is 3.09. The summed E-state index contributed by atoms with van der Waals surface area (Å²) in [5, 5.41) is 0. The van der Waals surface area contributed by atoms with E-state index in [1.165, 1.54) is 0 Å². The fourth-order valence-electron chi connectivity index (χ4n) is 1.33. The van der Waals surface area contributed by atoms with Crippen LogP contribution in [0.25, 0.3) is 0 Å². The highest BCUT2D eigenvalue weighted by Crippen LogP contribution is 2.39. The molecule has 0 N–H and O–H groups in total. The minimum absolute atomic E-state index is 0.496. The van der Waals surface area contributed by atoms with Gasteiger partial charge in [-0.1, -0.05) is 0 Å². The number of halogens is 5. The topological polar surface area (TPSA) is 26.3 Å². The summed E-state index contributed by atoms with van der Waals surface area (Å²) in [4.78, 5) is 11.2. The number of methoxy groups -OCH3 is 1. The van der Waals surface area contributed by atoms with Gasteiger partial charge in [0.2, 0.25) is 0 Å². The van der Waals surface area contributed by atoms with Gasteiger partial charge in [-0.3, -0.25) is 4.79 Å². The summed E-state index contributed by atoms with van der Waals surface area (Å²) < 4.78 is 55.6. The highest BCUT2D eigenvalue weighted by Gasteiger charge is 2.39. The van der Waals surface area contributed by atoms with Gasteiger partial charge in [-0.15, -0.1) is 11.6 Å². The van der Waals surface area contributed by atoms with Gasteiger partial charge in [0.15, 0.2) is 5.78 Å². The lowest BCUT2D eigenvalue weighted by Crippen LogP contribution is -2.16. The minimum atomic E-state index is -4.82. The molecule has 1 rings (SSSR count). The molecule has 94 valence electrons. The fourth-order valence-corrected chi connectivity index (χ4v) is 1.47. The molecule has 17 heavy (non-hydrogen) atoms. The highest BCUT2D eigenvalue weighted by atomic mass is 35.5. The van der Waals surface area contributed by atoms with Crippen LogP contribution < -0.4 is 4.74 Å². The lowest BCUT2D eigenvalue weighted by Gasteiger charge is -2.15. The van der Waals surface area contributed by atoms with Gasteiger partial charge >= 0.3 is 6.18 Å². The van der Waals surface area contributed by atoms with Gasteiger partial charge in [0, 0.05) is 11.6 Å². The Labute approximate surface area is 99.1 Å². The first-order valence-corrected chi connectivity index (χ1v) is 4.88. The van der Waals surface area contributed by atoms with Crippen molar-refractivity contribution in [2.75, 3.05) is 13.0 Å².